The van der Waals surface area contributed by atoms with Gasteiger partial charge in [-0.3, -0.25) is 4.79 Å². The Kier molecular flexibility index (Phi) is 3.63. The summed E-state index contributed by atoms with van der Waals surface area (Å²) in [6.07, 6.45) is 0. The third kappa shape index (κ3) is 2.42. The van der Waals surface area contributed by atoms with Crippen molar-refractivity contribution in [3.05, 3.63) is 10.6 Å². The smallest absolute Gasteiger partial charge is 0.266 e. The van der Waals surface area contributed by atoms with Crippen LogP contribution in [0.2, 0.25) is 0 Å². The van der Waals surface area contributed by atoms with E-state index < -0.39 is 0 Å². The van der Waals surface area contributed by atoms with Crippen LogP contribution in [0.25, 0.3) is 0 Å². The molecule has 2 atom stereocenters. The van der Waals surface area contributed by atoms with Crippen LogP contribution in [0.3, 0.4) is 0 Å². The number of rotatable bonds is 1. The van der Waals surface area contributed by atoms with E-state index in [0.29, 0.717) is 15.3 Å². The second-order valence-electron chi connectivity index (χ2n) is 4.28. The Labute approximate surface area is 110 Å². The fourth-order valence-corrected chi connectivity index (χ4v) is 3.85. The lowest BCUT2D eigenvalue weighted by molar-refractivity contribution is 0.0702. The van der Waals surface area contributed by atoms with Crippen LogP contribution in [-0.4, -0.2) is 39.4 Å². The zero-order valence-electron chi connectivity index (χ0n) is 10.3. The van der Waals surface area contributed by atoms with Crippen LogP contribution < -0.4 is 5.73 Å². The van der Waals surface area contributed by atoms with Crippen molar-refractivity contribution in [2.24, 2.45) is 0 Å². The Morgan fingerprint density at radius 3 is 2.82 bits per heavy atom. The lowest BCUT2D eigenvalue weighted by Gasteiger charge is -2.37. The number of thioether (sulfide) groups is 1. The van der Waals surface area contributed by atoms with Crippen LogP contribution in [-0.2, 0) is 0 Å². The first-order chi connectivity index (χ1) is 8.00. The Morgan fingerprint density at radius 1 is 1.53 bits per heavy atom. The van der Waals surface area contributed by atoms with Gasteiger partial charge in [0.05, 0.1) is 5.69 Å². The summed E-state index contributed by atoms with van der Waals surface area (Å²) in [4.78, 5) is 19.2. The van der Waals surface area contributed by atoms with Crippen molar-refractivity contribution >= 4 is 34.1 Å². The van der Waals surface area contributed by atoms with Crippen molar-refractivity contribution in [3.8, 4) is 0 Å². The number of amides is 1. The predicted octanol–water partition coefficient (Wildman–Crippen LogP) is 2.00. The monoisotopic (exact) mass is 271 g/mol. The Balaban J connectivity index is 2.22. The number of anilines is 1. The van der Waals surface area contributed by atoms with E-state index in [1.54, 1.807) is 0 Å². The van der Waals surface area contributed by atoms with E-state index in [4.69, 9.17) is 5.73 Å². The molecule has 0 aromatic carbocycles. The Bertz CT molecular complexity index is 432. The van der Waals surface area contributed by atoms with E-state index in [9.17, 15) is 4.79 Å². The number of carbonyl (C=O) groups excluding carboxylic acids is 1. The average Bonchev–Trinajstić information content (AvgIpc) is 2.61. The van der Waals surface area contributed by atoms with Gasteiger partial charge >= 0.3 is 0 Å². The SMILES string of the molecule is Cc1nc(N)sc1C(=O)N1CCSC(C)C1C. The molecule has 2 rings (SSSR count). The maximum Gasteiger partial charge on any atom is 0.266 e. The largest absolute Gasteiger partial charge is 0.375 e. The number of hydrogen-bond donors (Lipinski definition) is 1. The number of aryl methyl sites for hydroxylation is 1. The Hall–Kier alpha value is -0.750. The summed E-state index contributed by atoms with van der Waals surface area (Å²) in [5.74, 6) is 1.08. The van der Waals surface area contributed by atoms with Crippen LogP contribution in [0.15, 0.2) is 0 Å². The summed E-state index contributed by atoms with van der Waals surface area (Å²) < 4.78 is 0. The maximum atomic E-state index is 12.4. The van der Waals surface area contributed by atoms with Gasteiger partial charge in [-0.15, -0.1) is 0 Å². The minimum atomic E-state index is 0.0800. The number of aromatic nitrogens is 1. The molecule has 6 heteroatoms. The quantitative estimate of drug-likeness (QED) is 0.848. The van der Waals surface area contributed by atoms with E-state index in [0.717, 1.165) is 18.0 Å². The molecule has 17 heavy (non-hydrogen) atoms. The first-order valence-electron chi connectivity index (χ1n) is 5.66. The molecule has 1 aliphatic rings. The molecule has 1 aliphatic heterocycles. The third-order valence-corrected chi connectivity index (χ3v) is 5.46. The summed E-state index contributed by atoms with van der Waals surface area (Å²) in [6, 6.07) is 0.268. The number of hydrogen-bond acceptors (Lipinski definition) is 5. The molecule has 1 saturated heterocycles. The molecule has 2 unspecified atom stereocenters. The molecule has 0 aliphatic carbocycles. The van der Waals surface area contributed by atoms with Gasteiger partial charge in [-0.05, 0) is 13.8 Å². The van der Waals surface area contributed by atoms with Crippen LogP contribution in [0, 0.1) is 6.92 Å². The van der Waals surface area contributed by atoms with Crippen molar-refractivity contribution in [3.63, 3.8) is 0 Å². The first kappa shape index (κ1) is 12.7. The van der Waals surface area contributed by atoms with Gasteiger partial charge in [0.25, 0.3) is 5.91 Å². The first-order valence-corrected chi connectivity index (χ1v) is 7.52. The molecule has 94 valence electrons. The number of nitrogens with two attached hydrogens (primary N) is 1. The lowest BCUT2D eigenvalue weighted by atomic mass is 10.2. The van der Waals surface area contributed by atoms with Gasteiger partial charge < -0.3 is 10.6 Å². The van der Waals surface area contributed by atoms with Gasteiger partial charge in [-0.1, -0.05) is 18.3 Å². The molecule has 1 amide bonds. The second kappa shape index (κ2) is 4.86. The van der Waals surface area contributed by atoms with Crippen molar-refractivity contribution < 1.29 is 4.79 Å². The summed E-state index contributed by atoms with van der Waals surface area (Å²) in [7, 11) is 0. The highest BCUT2D eigenvalue weighted by atomic mass is 32.2. The topological polar surface area (TPSA) is 59.2 Å². The van der Waals surface area contributed by atoms with Crippen LogP contribution in [0.5, 0.6) is 0 Å². The standard InChI is InChI=1S/C11H17N3OS2/c1-6-9(17-11(12)13-6)10(15)14-4-5-16-8(3)7(14)2/h7-8H,4-5H2,1-3H3,(H2,12,13). The molecule has 0 radical (unpaired) electrons. The van der Waals surface area contributed by atoms with E-state index in [1.807, 2.05) is 23.6 Å². The van der Waals surface area contributed by atoms with Crippen LogP contribution in [0.4, 0.5) is 5.13 Å². The molecule has 2 N–H and O–H groups in total. The fourth-order valence-electron chi connectivity index (χ4n) is 1.97. The normalized spacial score (nSPS) is 25.0. The zero-order valence-corrected chi connectivity index (χ0v) is 11.9. The maximum absolute atomic E-state index is 12.4. The molecular formula is C11H17N3OS2. The van der Waals surface area contributed by atoms with Crippen molar-refractivity contribution in [2.75, 3.05) is 18.0 Å². The molecule has 0 saturated carbocycles. The number of nitrogen functional groups attached to an aromatic ring is 1. The van der Waals surface area contributed by atoms with Gasteiger partial charge in [0.2, 0.25) is 0 Å². The minimum absolute atomic E-state index is 0.0800. The summed E-state index contributed by atoms with van der Waals surface area (Å²) in [5, 5.41) is 0.955. The van der Waals surface area contributed by atoms with Crippen molar-refractivity contribution in [1.82, 2.24) is 9.88 Å². The average molecular weight is 271 g/mol. The van der Waals surface area contributed by atoms with E-state index >= 15 is 0 Å². The van der Waals surface area contributed by atoms with Gasteiger partial charge in [0, 0.05) is 23.6 Å². The van der Waals surface area contributed by atoms with Gasteiger partial charge in [-0.2, -0.15) is 11.8 Å². The van der Waals surface area contributed by atoms with Gasteiger partial charge in [-0.25, -0.2) is 4.98 Å². The predicted molar refractivity (Wildman–Crippen MR) is 73.7 cm³/mol. The van der Waals surface area contributed by atoms with Gasteiger partial charge in [0.1, 0.15) is 4.88 Å². The number of thiazole rings is 1. The summed E-state index contributed by atoms with van der Waals surface area (Å²) in [5.41, 5.74) is 6.39. The minimum Gasteiger partial charge on any atom is -0.375 e. The van der Waals surface area contributed by atoms with Crippen molar-refractivity contribution in [2.45, 2.75) is 32.1 Å². The Morgan fingerprint density at radius 2 is 2.24 bits per heavy atom. The molecule has 1 aromatic heterocycles. The van der Waals surface area contributed by atoms with E-state index in [1.165, 1.54) is 11.3 Å². The van der Waals surface area contributed by atoms with Crippen LogP contribution in [0.1, 0.15) is 29.2 Å². The molecule has 0 spiro atoms. The molecule has 4 nitrogen and oxygen atoms in total. The molecule has 0 bridgehead atoms. The highest BCUT2D eigenvalue weighted by molar-refractivity contribution is 8.00. The molecule has 2 heterocycles. The highest BCUT2D eigenvalue weighted by Gasteiger charge is 2.31. The van der Waals surface area contributed by atoms with Gasteiger partial charge in [0.15, 0.2) is 5.13 Å². The van der Waals surface area contributed by atoms with Crippen LogP contribution >= 0.6 is 23.1 Å². The molecular weight excluding hydrogens is 254 g/mol. The highest BCUT2D eigenvalue weighted by Crippen LogP contribution is 2.28. The lowest BCUT2D eigenvalue weighted by Crippen LogP contribution is -2.47. The number of carbonyl (C=O) groups is 1. The number of nitrogens with zero attached hydrogens (tertiary/aromatic N) is 2. The molecule has 1 aromatic rings. The fraction of sp³-hybridized carbons (Fsp3) is 0.636. The third-order valence-electron chi connectivity index (χ3n) is 3.15. The second-order valence-corrected chi connectivity index (χ2v) is 6.80. The molecule has 1 fully saturated rings. The van der Waals surface area contributed by atoms with E-state index in [-0.39, 0.29) is 11.9 Å². The van der Waals surface area contributed by atoms with Crippen molar-refractivity contribution in [1.29, 1.82) is 0 Å². The summed E-state index contributed by atoms with van der Waals surface area (Å²) >= 11 is 3.21. The van der Waals surface area contributed by atoms with E-state index in [2.05, 4.69) is 18.8 Å². The summed E-state index contributed by atoms with van der Waals surface area (Å²) in [6.45, 7) is 6.93. The zero-order chi connectivity index (χ0) is 12.6.